The second-order valence-corrected chi connectivity index (χ2v) is 10.4. The molecule has 0 amide bonds. The highest BCUT2D eigenvalue weighted by Gasteiger charge is 2.53. The Balaban J connectivity index is 1.92. The maximum Gasteiger partial charge on any atom is 0.306 e. The molecule has 0 aromatic rings. The second-order valence-electron chi connectivity index (χ2n) is 10.4. The summed E-state index contributed by atoms with van der Waals surface area (Å²) in [6, 6.07) is 0. The Kier molecular flexibility index (Phi) is 8.55. The molecule has 0 bridgehead atoms. The molecule has 2 aliphatic rings. The molecule has 0 aromatic heterocycles. The van der Waals surface area contributed by atoms with Crippen LogP contribution in [0.25, 0.3) is 0 Å². The van der Waals surface area contributed by atoms with Gasteiger partial charge in [0.15, 0.2) is 6.10 Å². The van der Waals surface area contributed by atoms with Crippen molar-refractivity contribution in [2.75, 3.05) is 13.2 Å². The summed E-state index contributed by atoms with van der Waals surface area (Å²) < 4.78 is 10.1. The van der Waals surface area contributed by atoms with Crippen LogP contribution in [0, 0.1) is 28.6 Å². The first-order valence-electron chi connectivity index (χ1n) is 11.6. The summed E-state index contributed by atoms with van der Waals surface area (Å²) in [7, 11) is 0. The van der Waals surface area contributed by atoms with Crippen LogP contribution in [-0.2, 0) is 19.1 Å². The molecule has 0 aromatic carbocycles. The van der Waals surface area contributed by atoms with Crippen LogP contribution in [0.3, 0.4) is 0 Å². The predicted molar refractivity (Wildman–Crippen MR) is 118 cm³/mol. The fraction of sp³-hybridized carbons (Fsp3) is 0.840. The maximum absolute atomic E-state index is 12.3. The summed E-state index contributed by atoms with van der Waals surface area (Å²) in [4.78, 5) is 23.2. The first-order valence-corrected chi connectivity index (χ1v) is 11.6. The van der Waals surface area contributed by atoms with Crippen LogP contribution in [0.15, 0.2) is 12.2 Å². The third-order valence-electron chi connectivity index (χ3n) is 8.23. The van der Waals surface area contributed by atoms with Crippen molar-refractivity contribution in [1.29, 1.82) is 0 Å². The SMILES string of the molecule is C=C1CCC[C@H]2C1(C)CCC(C)C2(C)CCC(C)CC(=O)OC(CO)COC(C)=O. The Morgan fingerprint density at radius 3 is 2.63 bits per heavy atom. The topological polar surface area (TPSA) is 72.8 Å². The fourth-order valence-electron chi connectivity index (χ4n) is 5.90. The minimum Gasteiger partial charge on any atom is -0.462 e. The molecule has 30 heavy (non-hydrogen) atoms. The molecule has 5 unspecified atom stereocenters. The van der Waals surface area contributed by atoms with Gasteiger partial charge in [-0.15, -0.1) is 0 Å². The van der Waals surface area contributed by atoms with E-state index < -0.39 is 12.1 Å². The average molecular weight is 423 g/mol. The molecule has 2 aliphatic carbocycles. The van der Waals surface area contributed by atoms with Gasteiger partial charge in [0.05, 0.1) is 6.61 Å². The van der Waals surface area contributed by atoms with Gasteiger partial charge in [0.25, 0.3) is 0 Å². The van der Waals surface area contributed by atoms with Gasteiger partial charge in [0.1, 0.15) is 6.61 Å². The molecule has 6 atom stereocenters. The van der Waals surface area contributed by atoms with Crippen molar-refractivity contribution < 1.29 is 24.2 Å². The average Bonchev–Trinajstić information content (AvgIpc) is 2.68. The Hall–Kier alpha value is -1.36. The normalized spacial score (nSPS) is 33.3. The van der Waals surface area contributed by atoms with Gasteiger partial charge in [0, 0.05) is 13.3 Å². The Morgan fingerprint density at radius 1 is 1.30 bits per heavy atom. The van der Waals surface area contributed by atoms with E-state index in [9.17, 15) is 14.7 Å². The van der Waals surface area contributed by atoms with Crippen molar-refractivity contribution in [2.45, 2.75) is 92.1 Å². The zero-order valence-electron chi connectivity index (χ0n) is 19.7. The molecule has 0 radical (unpaired) electrons. The van der Waals surface area contributed by atoms with Gasteiger partial charge in [-0.25, -0.2) is 0 Å². The van der Waals surface area contributed by atoms with Crippen LogP contribution in [0.4, 0.5) is 0 Å². The van der Waals surface area contributed by atoms with Crippen molar-refractivity contribution in [3.63, 3.8) is 0 Å². The molecule has 5 nitrogen and oxygen atoms in total. The molecule has 0 spiro atoms. The van der Waals surface area contributed by atoms with E-state index in [1.807, 2.05) is 0 Å². The number of hydrogen-bond acceptors (Lipinski definition) is 5. The third-order valence-corrected chi connectivity index (χ3v) is 8.23. The number of hydrogen-bond donors (Lipinski definition) is 1. The third kappa shape index (κ3) is 5.66. The van der Waals surface area contributed by atoms with Gasteiger partial charge >= 0.3 is 11.9 Å². The maximum atomic E-state index is 12.3. The zero-order chi connectivity index (χ0) is 22.5. The van der Waals surface area contributed by atoms with Crippen molar-refractivity contribution in [1.82, 2.24) is 0 Å². The van der Waals surface area contributed by atoms with Gasteiger partial charge in [-0.2, -0.15) is 0 Å². The molecule has 172 valence electrons. The lowest BCUT2D eigenvalue weighted by Crippen LogP contribution is -2.50. The molecule has 2 saturated carbocycles. The number of carbonyl (C=O) groups excluding carboxylic acids is 2. The van der Waals surface area contributed by atoms with Crippen molar-refractivity contribution in [3.8, 4) is 0 Å². The molecule has 0 heterocycles. The number of aliphatic hydroxyl groups excluding tert-OH is 1. The first kappa shape index (κ1) is 24.9. The number of fused-ring (bicyclic) bond motifs is 1. The van der Waals surface area contributed by atoms with Crippen LogP contribution < -0.4 is 0 Å². The van der Waals surface area contributed by atoms with Crippen LogP contribution in [-0.4, -0.2) is 36.4 Å². The van der Waals surface area contributed by atoms with E-state index in [1.165, 1.54) is 44.6 Å². The quantitative estimate of drug-likeness (QED) is 0.415. The largest absolute Gasteiger partial charge is 0.462 e. The number of allylic oxidation sites excluding steroid dienone is 1. The van der Waals surface area contributed by atoms with Crippen molar-refractivity contribution >= 4 is 11.9 Å². The Bertz CT molecular complexity index is 629. The highest BCUT2D eigenvalue weighted by Crippen LogP contribution is 2.62. The Labute approximate surface area is 182 Å². The number of ether oxygens (including phenoxy) is 2. The summed E-state index contributed by atoms with van der Waals surface area (Å²) in [5.74, 6) is 0.742. The zero-order valence-corrected chi connectivity index (χ0v) is 19.7. The van der Waals surface area contributed by atoms with Crippen LogP contribution in [0.2, 0.25) is 0 Å². The minimum atomic E-state index is -0.793. The summed E-state index contributed by atoms with van der Waals surface area (Å²) in [5, 5.41) is 9.34. The summed E-state index contributed by atoms with van der Waals surface area (Å²) in [5.41, 5.74) is 1.96. The number of aliphatic hydroxyl groups is 1. The monoisotopic (exact) mass is 422 g/mol. The lowest BCUT2D eigenvalue weighted by molar-refractivity contribution is -0.161. The van der Waals surface area contributed by atoms with Crippen LogP contribution in [0.1, 0.15) is 86.0 Å². The van der Waals surface area contributed by atoms with E-state index in [0.29, 0.717) is 18.3 Å². The number of esters is 2. The van der Waals surface area contributed by atoms with Gasteiger partial charge < -0.3 is 14.6 Å². The molecule has 0 aliphatic heterocycles. The molecule has 2 rings (SSSR count). The fourth-order valence-corrected chi connectivity index (χ4v) is 5.90. The van der Waals surface area contributed by atoms with E-state index in [4.69, 9.17) is 9.47 Å². The molecule has 0 saturated heterocycles. The summed E-state index contributed by atoms with van der Waals surface area (Å²) in [6.45, 7) is 14.7. The lowest BCUT2D eigenvalue weighted by atomic mass is 9.46. The Morgan fingerprint density at radius 2 is 2.00 bits per heavy atom. The lowest BCUT2D eigenvalue weighted by Gasteiger charge is -2.59. The van der Waals surface area contributed by atoms with E-state index >= 15 is 0 Å². The van der Waals surface area contributed by atoms with Gasteiger partial charge in [0.2, 0.25) is 0 Å². The van der Waals surface area contributed by atoms with Crippen LogP contribution in [0.5, 0.6) is 0 Å². The van der Waals surface area contributed by atoms with Crippen molar-refractivity contribution in [3.05, 3.63) is 12.2 Å². The molecule has 2 fully saturated rings. The summed E-state index contributed by atoms with van der Waals surface area (Å²) >= 11 is 0. The first-order chi connectivity index (χ1) is 14.0. The molecular formula is C25H42O5. The second kappa shape index (κ2) is 10.3. The smallest absolute Gasteiger partial charge is 0.306 e. The van der Waals surface area contributed by atoms with Crippen LogP contribution >= 0.6 is 0 Å². The van der Waals surface area contributed by atoms with Crippen molar-refractivity contribution in [2.24, 2.45) is 28.6 Å². The van der Waals surface area contributed by atoms with E-state index in [0.717, 1.165) is 12.8 Å². The predicted octanol–water partition coefficient (Wildman–Crippen LogP) is 5.06. The van der Waals surface area contributed by atoms with Gasteiger partial charge in [-0.3, -0.25) is 9.59 Å². The minimum absolute atomic E-state index is 0.105. The van der Waals surface area contributed by atoms with E-state index in [2.05, 4.69) is 34.3 Å². The molecule has 5 heteroatoms. The van der Waals surface area contributed by atoms with Gasteiger partial charge in [-0.05, 0) is 73.5 Å². The summed E-state index contributed by atoms with van der Waals surface area (Å²) in [6.07, 6.45) is 7.78. The highest BCUT2D eigenvalue weighted by molar-refractivity contribution is 5.70. The standard InChI is InChI=1S/C25H42O5/c1-17(14-23(28)30-21(15-26)16-29-20(4)27)10-12-24(5)19(3)11-13-25(6)18(2)8-7-9-22(24)25/h17,19,21-22,26H,2,7-16H2,1,3-6H3/t17?,19?,21?,22-,24?,25?/m1/s1. The number of carbonyl (C=O) groups is 2. The number of rotatable bonds is 9. The van der Waals surface area contributed by atoms with E-state index in [1.54, 1.807) is 0 Å². The highest BCUT2D eigenvalue weighted by atomic mass is 16.6. The van der Waals surface area contributed by atoms with E-state index in [-0.39, 0.29) is 35.9 Å². The van der Waals surface area contributed by atoms with Gasteiger partial charge in [-0.1, -0.05) is 39.8 Å². The molecule has 1 N–H and O–H groups in total. The molecular weight excluding hydrogens is 380 g/mol.